The van der Waals surface area contributed by atoms with Gasteiger partial charge in [0.2, 0.25) is 10.0 Å². The van der Waals surface area contributed by atoms with Gasteiger partial charge in [-0.3, -0.25) is 0 Å². The van der Waals surface area contributed by atoms with Crippen molar-refractivity contribution in [3.05, 3.63) is 18.0 Å². The normalized spacial score (nSPS) is 12.6. The largest absolute Gasteiger partial charge is 0.349 e. The summed E-state index contributed by atoms with van der Waals surface area (Å²) in [6, 6.07) is 1.68. The van der Waals surface area contributed by atoms with Gasteiger partial charge in [-0.05, 0) is 24.8 Å². The summed E-state index contributed by atoms with van der Waals surface area (Å²) in [5, 5.41) is 0. The summed E-state index contributed by atoms with van der Waals surface area (Å²) in [6.07, 6.45) is 3.50. The first-order valence-electron chi connectivity index (χ1n) is 7.04. The standard InChI is InChI=1S/C14H25ClN2O2S/c1-5-7-17-11-14(9-13(17)10-15)20(18,19)16(4)8-6-12(2)3/h9,11-12H,5-8,10H2,1-4H3. The molecule has 0 N–H and O–H groups in total. The van der Waals surface area contributed by atoms with Crippen LogP contribution in [0.2, 0.25) is 0 Å². The highest BCUT2D eigenvalue weighted by molar-refractivity contribution is 7.89. The predicted octanol–water partition coefficient (Wildman–Crippen LogP) is 3.30. The van der Waals surface area contributed by atoms with Crippen LogP contribution in [-0.4, -0.2) is 30.9 Å². The van der Waals surface area contributed by atoms with E-state index >= 15 is 0 Å². The third kappa shape index (κ3) is 4.24. The Morgan fingerprint density at radius 1 is 1.40 bits per heavy atom. The minimum absolute atomic E-state index is 0.325. The van der Waals surface area contributed by atoms with Gasteiger partial charge in [-0.2, -0.15) is 0 Å². The van der Waals surface area contributed by atoms with E-state index in [0.29, 0.717) is 23.2 Å². The molecule has 0 aliphatic heterocycles. The van der Waals surface area contributed by atoms with Gasteiger partial charge in [0.1, 0.15) is 4.90 Å². The Morgan fingerprint density at radius 3 is 2.55 bits per heavy atom. The van der Waals surface area contributed by atoms with Gasteiger partial charge >= 0.3 is 0 Å². The molecule has 0 saturated heterocycles. The van der Waals surface area contributed by atoms with Crippen LogP contribution in [0.15, 0.2) is 17.2 Å². The van der Waals surface area contributed by atoms with Crippen molar-refractivity contribution in [3.8, 4) is 0 Å². The summed E-state index contributed by atoms with van der Waals surface area (Å²) < 4.78 is 28.4. The number of nitrogens with zero attached hydrogens (tertiary/aromatic N) is 2. The van der Waals surface area contributed by atoms with Crippen molar-refractivity contribution in [2.24, 2.45) is 5.92 Å². The lowest BCUT2D eigenvalue weighted by atomic mass is 10.1. The molecule has 1 aromatic rings. The van der Waals surface area contributed by atoms with Crippen molar-refractivity contribution in [1.29, 1.82) is 0 Å². The monoisotopic (exact) mass is 320 g/mol. The summed E-state index contributed by atoms with van der Waals surface area (Å²) in [5.41, 5.74) is 0.851. The topological polar surface area (TPSA) is 42.3 Å². The van der Waals surface area contributed by atoms with Gasteiger partial charge in [0, 0.05) is 32.0 Å². The highest BCUT2D eigenvalue weighted by Crippen LogP contribution is 2.20. The lowest BCUT2D eigenvalue weighted by Gasteiger charge is -2.17. The fraction of sp³-hybridized carbons (Fsp3) is 0.714. The van der Waals surface area contributed by atoms with Gasteiger partial charge in [-0.15, -0.1) is 11.6 Å². The molecule has 116 valence electrons. The maximum atomic E-state index is 12.5. The van der Waals surface area contributed by atoms with E-state index in [4.69, 9.17) is 11.6 Å². The van der Waals surface area contributed by atoms with Crippen LogP contribution in [0.3, 0.4) is 0 Å². The second-order valence-corrected chi connectivity index (χ2v) is 7.82. The Kier molecular flexibility index (Phi) is 6.55. The first-order valence-corrected chi connectivity index (χ1v) is 9.01. The van der Waals surface area contributed by atoms with Crippen LogP contribution in [0.5, 0.6) is 0 Å². The zero-order valence-corrected chi connectivity index (χ0v) is 14.3. The highest BCUT2D eigenvalue weighted by atomic mass is 35.5. The molecule has 0 bridgehead atoms. The van der Waals surface area contributed by atoms with Gasteiger partial charge in [0.05, 0.1) is 5.88 Å². The Bertz CT molecular complexity index is 523. The number of alkyl halides is 1. The molecule has 6 heteroatoms. The molecule has 0 spiro atoms. The van der Waals surface area contributed by atoms with E-state index in [2.05, 4.69) is 20.8 Å². The molecule has 0 aliphatic rings. The molecular formula is C14H25ClN2O2S. The number of hydrogen-bond donors (Lipinski definition) is 0. The highest BCUT2D eigenvalue weighted by Gasteiger charge is 2.23. The molecule has 1 heterocycles. The van der Waals surface area contributed by atoms with Crippen molar-refractivity contribution in [2.45, 2.75) is 50.9 Å². The quantitative estimate of drug-likeness (QED) is 0.690. The molecule has 0 fully saturated rings. The Hall–Kier alpha value is -0.520. The Balaban J connectivity index is 2.97. The number of aromatic nitrogens is 1. The number of hydrogen-bond acceptors (Lipinski definition) is 2. The summed E-state index contributed by atoms with van der Waals surface area (Å²) in [7, 11) is -1.78. The maximum Gasteiger partial charge on any atom is 0.244 e. The van der Waals surface area contributed by atoms with Crippen LogP contribution >= 0.6 is 11.6 Å². The van der Waals surface area contributed by atoms with E-state index in [1.54, 1.807) is 19.3 Å². The molecule has 0 saturated carbocycles. The second-order valence-electron chi connectivity index (χ2n) is 5.50. The van der Waals surface area contributed by atoms with E-state index in [0.717, 1.165) is 25.1 Å². The van der Waals surface area contributed by atoms with Crippen molar-refractivity contribution in [3.63, 3.8) is 0 Å². The molecule has 20 heavy (non-hydrogen) atoms. The molecule has 1 aromatic heterocycles. The fourth-order valence-corrected chi connectivity index (χ4v) is 3.45. The average molecular weight is 321 g/mol. The Morgan fingerprint density at radius 2 is 2.05 bits per heavy atom. The van der Waals surface area contributed by atoms with E-state index in [-0.39, 0.29) is 0 Å². The molecule has 0 unspecified atom stereocenters. The zero-order chi connectivity index (χ0) is 15.3. The minimum atomic E-state index is -3.41. The lowest BCUT2D eigenvalue weighted by Crippen LogP contribution is -2.28. The number of sulfonamides is 1. The molecular weight excluding hydrogens is 296 g/mol. The molecule has 0 aromatic carbocycles. The van der Waals surface area contributed by atoms with Crippen LogP contribution in [0.25, 0.3) is 0 Å². The van der Waals surface area contributed by atoms with Crippen molar-refractivity contribution < 1.29 is 8.42 Å². The van der Waals surface area contributed by atoms with Gasteiger partial charge in [-0.1, -0.05) is 20.8 Å². The second kappa shape index (κ2) is 7.48. The van der Waals surface area contributed by atoms with Crippen molar-refractivity contribution in [1.82, 2.24) is 8.87 Å². The first kappa shape index (κ1) is 17.5. The molecule has 0 amide bonds. The van der Waals surface area contributed by atoms with Crippen LogP contribution < -0.4 is 0 Å². The van der Waals surface area contributed by atoms with E-state index in [1.165, 1.54) is 4.31 Å². The number of rotatable bonds is 8. The molecule has 0 radical (unpaired) electrons. The van der Waals surface area contributed by atoms with Crippen LogP contribution in [-0.2, 0) is 22.4 Å². The predicted molar refractivity (Wildman–Crippen MR) is 83.6 cm³/mol. The van der Waals surface area contributed by atoms with Crippen molar-refractivity contribution >= 4 is 21.6 Å². The fourth-order valence-electron chi connectivity index (χ4n) is 1.97. The molecule has 1 rings (SSSR count). The summed E-state index contributed by atoms with van der Waals surface area (Å²) in [5.74, 6) is 0.807. The van der Waals surface area contributed by atoms with Gasteiger partial charge in [-0.25, -0.2) is 12.7 Å². The van der Waals surface area contributed by atoms with Gasteiger partial charge < -0.3 is 4.57 Å². The average Bonchev–Trinajstić information content (AvgIpc) is 2.80. The number of aryl methyl sites for hydroxylation is 1. The van der Waals surface area contributed by atoms with Gasteiger partial charge in [0.25, 0.3) is 0 Å². The zero-order valence-electron chi connectivity index (χ0n) is 12.8. The van der Waals surface area contributed by atoms with E-state index in [9.17, 15) is 8.42 Å². The molecule has 0 atom stereocenters. The van der Waals surface area contributed by atoms with Crippen LogP contribution in [0.4, 0.5) is 0 Å². The third-order valence-electron chi connectivity index (χ3n) is 3.29. The van der Waals surface area contributed by atoms with Gasteiger partial charge in [0.15, 0.2) is 0 Å². The van der Waals surface area contributed by atoms with E-state index in [1.807, 2.05) is 4.57 Å². The SMILES string of the molecule is CCCn1cc(S(=O)(=O)N(C)CCC(C)C)cc1CCl. The summed E-state index contributed by atoms with van der Waals surface area (Å²) in [6.45, 7) is 7.55. The summed E-state index contributed by atoms with van der Waals surface area (Å²) >= 11 is 5.88. The lowest BCUT2D eigenvalue weighted by molar-refractivity contribution is 0.428. The summed E-state index contributed by atoms with van der Waals surface area (Å²) in [4.78, 5) is 0.341. The van der Waals surface area contributed by atoms with Crippen molar-refractivity contribution in [2.75, 3.05) is 13.6 Å². The molecule has 4 nitrogen and oxygen atoms in total. The maximum absolute atomic E-state index is 12.5. The third-order valence-corrected chi connectivity index (χ3v) is 5.39. The van der Waals surface area contributed by atoms with E-state index < -0.39 is 10.0 Å². The van der Waals surface area contributed by atoms with Crippen LogP contribution in [0.1, 0.15) is 39.3 Å². The number of halogens is 1. The first-order chi connectivity index (χ1) is 9.32. The Labute approximate surface area is 127 Å². The minimum Gasteiger partial charge on any atom is -0.349 e. The smallest absolute Gasteiger partial charge is 0.244 e. The molecule has 0 aliphatic carbocycles. The van der Waals surface area contributed by atoms with Crippen LogP contribution in [0, 0.1) is 5.92 Å².